The fraction of sp³-hybridized carbons (Fsp3) is 0.800. The number of aromatic nitrogens is 2. The maximum Gasteiger partial charge on any atom is 0.204 e. The van der Waals surface area contributed by atoms with Crippen LogP contribution in [0.4, 0.5) is 5.13 Å². The third kappa shape index (κ3) is 3.13. The van der Waals surface area contributed by atoms with Crippen LogP contribution >= 0.6 is 11.5 Å². The smallest absolute Gasteiger partial charge is 0.204 e. The van der Waals surface area contributed by atoms with Crippen molar-refractivity contribution in [1.82, 2.24) is 14.3 Å². The van der Waals surface area contributed by atoms with Gasteiger partial charge in [0.2, 0.25) is 5.13 Å². The minimum absolute atomic E-state index is 0.788. The summed E-state index contributed by atoms with van der Waals surface area (Å²) in [7, 11) is 0. The van der Waals surface area contributed by atoms with E-state index in [1.165, 1.54) is 24.5 Å². The molecule has 0 aromatic carbocycles. The zero-order valence-corrected chi connectivity index (χ0v) is 10.3. The summed E-state index contributed by atoms with van der Waals surface area (Å²) >= 11 is 1.48. The summed E-state index contributed by atoms with van der Waals surface area (Å²) < 4.78 is 4.06. The predicted molar refractivity (Wildman–Crippen MR) is 66.9 cm³/mol. The van der Waals surface area contributed by atoms with Crippen LogP contribution in [0.15, 0.2) is 6.33 Å². The Morgan fingerprint density at radius 3 is 3.00 bits per heavy atom. The molecule has 6 heteroatoms. The van der Waals surface area contributed by atoms with Crippen LogP contribution in [-0.4, -0.2) is 53.5 Å². The monoisotopic (exact) mass is 241 g/mol. The second-order valence-electron chi connectivity index (χ2n) is 4.05. The zero-order valence-electron chi connectivity index (χ0n) is 9.51. The Morgan fingerprint density at radius 1 is 1.31 bits per heavy atom. The topological polar surface area (TPSA) is 58.3 Å². The lowest BCUT2D eigenvalue weighted by Crippen LogP contribution is -2.32. The minimum atomic E-state index is 0.788. The first-order chi connectivity index (χ1) is 7.90. The maximum atomic E-state index is 5.54. The van der Waals surface area contributed by atoms with E-state index in [-0.39, 0.29) is 0 Å². The van der Waals surface area contributed by atoms with Crippen molar-refractivity contribution < 1.29 is 0 Å². The van der Waals surface area contributed by atoms with Crippen molar-refractivity contribution in [2.75, 3.05) is 44.2 Å². The van der Waals surface area contributed by atoms with Gasteiger partial charge in [0.15, 0.2) is 0 Å². The molecule has 90 valence electrons. The van der Waals surface area contributed by atoms with Crippen LogP contribution < -0.4 is 10.6 Å². The molecule has 1 aliphatic rings. The lowest BCUT2D eigenvalue weighted by atomic mass is 10.3. The summed E-state index contributed by atoms with van der Waals surface area (Å²) in [5, 5.41) is 1.06. The lowest BCUT2D eigenvalue weighted by Gasteiger charge is -2.20. The first-order valence-electron chi connectivity index (χ1n) is 5.84. The normalized spacial score (nSPS) is 18.7. The number of hydrogen-bond acceptors (Lipinski definition) is 6. The molecule has 1 saturated heterocycles. The van der Waals surface area contributed by atoms with Crippen molar-refractivity contribution >= 4 is 16.7 Å². The first kappa shape index (κ1) is 11.8. The molecule has 0 aliphatic carbocycles. The molecule has 0 saturated carbocycles. The van der Waals surface area contributed by atoms with Gasteiger partial charge in [-0.15, -0.1) is 0 Å². The van der Waals surface area contributed by atoms with Gasteiger partial charge in [-0.1, -0.05) is 0 Å². The Kier molecular flexibility index (Phi) is 4.50. The fourth-order valence-corrected chi connectivity index (χ4v) is 2.59. The third-order valence-corrected chi connectivity index (χ3v) is 3.61. The SMILES string of the molecule is NCCCN1CCCN(c2ncns2)CC1. The summed E-state index contributed by atoms with van der Waals surface area (Å²) in [6.45, 7) is 6.35. The van der Waals surface area contributed by atoms with Gasteiger partial charge < -0.3 is 15.5 Å². The van der Waals surface area contributed by atoms with E-state index in [2.05, 4.69) is 19.2 Å². The van der Waals surface area contributed by atoms with E-state index < -0.39 is 0 Å². The molecule has 0 radical (unpaired) electrons. The van der Waals surface area contributed by atoms with E-state index in [9.17, 15) is 0 Å². The third-order valence-electron chi connectivity index (χ3n) is 2.89. The second-order valence-corrected chi connectivity index (χ2v) is 4.81. The second kappa shape index (κ2) is 6.12. The Hall–Kier alpha value is -0.720. The zero-order chi connectivity index (χ0) is 11.2. The molecule has 2 rings (SSSR count). The number of hydrogen-bond donors (Lipinski definition) is 1. The molecule has 16 heavy (non-hydrogen) atoms. The Morgan fingerprint density at radius 2 is 2.25 bits per heavy atom. The van der Waals surface area contributed by atoms with Crippen molar-refractivity contribution in [3.8, 4) is 0 Å². The number of anilines is 1. The van der Waals surface area contributed by atoms with Crippen LogP contribution in [0.1, 0.15) is 12.8 Å². The number of rotatable bonds is 4. The van der Waals surface area contributed by atoms with Gasteiger partial charge in [0, 0.05) is 31.2 Å². The molecule has 1 aromatic rings. The van der Waals surface area contributed by atoms with Gasteiger partial charge in [-0.25, -0.2) is 4.98 Å². The van der Waals surface area contributed by atoms with E-state index in [1.807, 2.05) is 0 Å². The van der Waals surface area contributed by atoms with Gasteiger partial charge in [-0.2, -0.15) is 4.37 Å². The number of nitrogens with two attached hydrogens (primary N) is 1. The molecule has 1 aromatic heterocycles. The molecule has 0 atom stereocenters. The van der Waals surface area contributed by atoms with Crippen molar-refractivity contribution in [3.05, 3.63) is 6.33 Å². The maximum absolute atomic E-state index is 5.54. The molecule has 0 bridgehead atoms. The highest BCUT2D eigenvalue weighted by molar-refractivity contribution is 7.09. The molecule has 2 N–H and O–H groups in total. The highest BCUT2D eigenvalue weighted by Gasteiger charge is 2.16. The van der Waals surface area contributed by atoms with E-state index >= 15 is 0 Å². The summed E-state index contributed by atoms with van der Waals surface area (Å²) in [5.74, 6) is 0. The lowest BCUT2D eigenvalue weighted by molar-refractivity contribution is 0.291. The quantitative estimate of drug-likeness (QED) is 0.827. The molecular formula is C10H19N5S. The Balaban J connectivity index is 1.83. The predicted octanol–water partition coefficient (Wildman–Crippen LogP) is 0.399. The van der Waals surface area contributed by atoms with Gasteiger partial charge in [-0.3, -0.25) is 0 Å². The minimum Gasteiger partial charge on any atom is -0.346 e. The van der Waals surface area contributed by atoms with Gasteiger partial charge in [-0.05, 0) is 32.5 Å². The van der Waals surface area contributed by atoms with E-state index in [0.29, 0.717) is 0 Å². The van der Waals surface area contributed by atoms with Crippen LogP contribution in [0, 0.1) is 0 Å². The van der Waals surface area contributed by atoms with E-state index in [4.69, 9.17) is 5.73 Å². The molecule has 0 unspecified atom stereocenters. The van der Waals surface area contributed by atoms with Crippen LogP contribution in [0.2, 0.25) is 0 Å². The van der Waals surface area contributed by atoms with Crippen LogP contribution in [0.3, 0.4) is 0 Å². The largest absolute Gasteiger partial charge is 0.346 e. The highest BCUT2D eigenvalue weighted by Crippen LogP contribution is 2.16. The van der Waals surface area contributed by atoms with Crippen molar-refractivity contribution in [1.29, 1.82) is 0 Å². The molecule has 5 nitrogen and oxygen atoms in total. The summed E-state index contributed by atoms with van der Waals surface area (Å²) in [6, 6.07) is 0. The molecule has 1 aliphatic heterocycles. The molecular weight excluding hydrogens is 222 g/mol. The first-order valence-corrected chi connectivity index (χ1v) is 6.61. The van der Waals surface area contributed by atoms with E-state index in [1.54, 1.807) is 6.33 Å². The molecule has 0 amide bonds. The average Bonchev–Trinajstić information content (AvgIpc) is 2.73. The fourth-order valence-electron chi connectivity index (χ4n) is 2.01. The molecule has 0 spiro atoms. The van der Waals surface area contributed by atoms with Gasteiger partial charge in [0.25, 0.3) is 0 Å². The average molecular weight is 241 g/mol. The Labute approximate surface area is 100 Å². The van der Waals surface area contributed by atoms with Crippen LogP contribution in [0.5, 0.6) is 0 Å². The Bertz CT molecular complexity index is 289. The van der Waals surface area contributed by atoms with Crippen molar-refractivity contribution in [2.24, 2.45) is 5.73 Å². The summed E-state index contributed by atoms with van der Waals surface area (Å²) in [5.41, 5.74) is 5.54. The van der Waals surface area contributed by atoms with Gasteiger partial charge in [0.05, 0.1) is 0 Å². The van der Waals surface area contributed by atoms with Gasteiger partial charge >= 0.3 is 0 Å². The van der Waals surface area contributed by atoms with Crippen LogP contribution in [0.25, 0.3) is 0 Å². The van der Waals surface area contributed by atoms with Crippen LogP contribution in [-0.2, 0) is 0 Å². The molecule has 1 fully saturated rings. The standard InChI is InChI=1S/C10H19N5S/c11-3-1-4-14-5-2-6-15(8-7-14)10-12-9-13-16-10/h9H,1-8,11H2. The van der Waals surface area contributed by atoms with Gasteiger partial charge in [0.1, 0.15) is 6.33 Å². The molecule has 2 heterocycles. The highest BCUT2D eigenvalue weighted by atomic mass is 32.1. The summed E-state index contributed by atoms with van der Waals surface area (Å²) in [4.78, 5) is 9.09. The van der Waals surface area contributed by atoms with Crippen molar-refractivity contribution in [2.45, 2.75) is 12.8 Å². The summed E-state index contributed by atoms with van der Waals surface area (Å²) in [6.07, 6.45) is 3.93. The number of nitrogens with zero attached hydrogens (tertiary/aromatic N) is 4. The van der Waals surface area contributed by atoms with Crippen molar-refractivity contribution in [3.63, 3.8) is 0 Å². The van der Waals surface area contributed by atoms with E-state index in [0.717, 1.165) is 44.3 Å².